The molecule has 2 atom stereocenters. The molecule has 3 rings (SSSR count). The van der Waals surface area contributed by atoms with Crippen LogP contribution in [0.4, 0.5) is 5.82 Å². The summed E-state index contributed by atoms with van der Waals surface area (Å²) in [5.74, 6) is -1.01. The molecule has 30 heavy (non-hydrogen) atoms. The number of carbonyl (C=O) groups excluding carboxylic acids is 3. The molecule has 8 heteroatoms. The van der Waals surface area contributed by atoms with Crippen LogP contribution in [-0.4, -0.2) is 29.0 Å². The molecule has 1 heterocycles. The molecule has 0 spiro atoms. The third kappa shape index (κ3) is 5.32. The third-order valence-electron chi connectivity index (χ3n) is 4.22. The number of nitrogens with zero attached hydrogens (tertiary/aromatic N) is 1. The van der Waals surface area contributed by atoms with E-state index in [4.69, 9.17) is 9.26 Å². The molecule has 2 amide bonds. The van der Waals surface area contributed by atoms with Crippen LogP contribution in [-0.2, 0) is 14.3 Å². The first kappa shape index (κ1) is 20.8. The monoisotopic (exact) mass is 407 g/mol. The third-order valence-corrected chi connectivity index (χ3v) is 4.22. The predicted octanol–water partition coefficient (Wildman–Crippen LogP) is 3.02. The molecule has 2 N–H and O–H groups in total. The molecular formula is C22H21N3O5. The Kier molecular flexibility index (Phi) is 6.59. The van der Waals surface area contributed by atoms with Gasteiger partial charge in [-0.3, -0.25) is 9.59 Å². The molecule has 0 saturated carbocycles. The van der Waals surface area contributed by atoms with Crippen molar-refractivity contribution in [2.75, 3.05) is 5.32 Å². The van der Waals surface area contributed by atoms with E-state index in [1.807, 2.05) is 0 Å². The van der Waals surface area contributed by atoms with Crippen molar-refractivity contribution in [2.45, 2.75) is 26.0 Å². The van der Waals surface area contributed by atoms with Crippen molar-refractivity contribution < 1.29 is 23.6 Å². The van der Waals surface area contributed by atoms with Crippen LogP contribution in [0.25, 0.3) is 0 Å². The highest BCUT2D eigenvalue weighted by molar-refractivity contribution is 5.98. The smallest absolute Gasteiger partial charge is 0.334 e. The Balaban J connectivity index is 1.71. The van der Waals surface area contributed by atoms with Crippen molar-refractivity contribution in [1.82, 2.24) is 10.5 Å². The summed E-state index contributed by atoms with van der Waals surface area (Å²) < 4.78 is 10.2. The van der Waals surface area contributed by atoms with Crippen molar-refractivity contribution in [2.24, 2.45) is 0 Å². The first-order valence-corrected chi connectivity index (χ1v) is 9.29. The summed E-state index contributed by atoms with van der Waals surface area (Å²) in [6.07, 6.45) is -1.12. The van der Waals surface area contributed by atoms with Gasteiger partial charge in [0.05, 0.1) is 0 Å². The van der Waals surface area contributed by atoms with Crippen LogP contribution in [0, 0.1) is 6.92 Å². The molecule has 3 aromatic rings. The lowest BCUT2D eigenvalue weighted by Crippen LogP contribution is -2.38. The summed E-state index contributed by atoms with van der Waals surface area (Å²) in [6, 6.07) is 17.6. The summed E-state index contributed by atoms with van der Waals surface area (Å²) in [5, 5.41) is 8.85. The van der Waals surface area contributed by atoms with Gasteiger partial charge >= 0.3 is 5.97 Å². The number of benzene rings is 2. The number of ether oxygens (including phenoxy) is 1. The van der Waals surface area contributed by atoms with E-state index in [-0.39, 0.29) is 5.82 Å². The Bertz CT molecular complexity index is 1020. The lowest BCUT2D eigenvalue weighted by molar-refractivity contribution is -0.155. The number of anilines is 1. The van der Waals surface area contributed by atoms with Crippen molar-refractivity contribution in [3.63, 3.8) is 0 Å². The molecule has 0 aliphatic carbocycles. The molecule has 0 aliphatic rings. The Morgan fingerprint density at radius 2 is 1.63 bits per heavy atom. The first-order valence-electron chi connectivity index (χ1n) is 9.29. The van der Waals surface area contributed by atoms with Crippen LogP contribution in [0.15, 0.2) is 71.3 Å². The second kappa shape index (κ2) is 9.51. The van der Waals surface area contributed by atoms with E-state index in [2.05, 4.69) is 15.8 Å². The van der Waals surface area contributed by atoms with Gasteiger partial charge in [-0.2, -0.15) is 0 Å². The fourth-order valence-electron chi connectivity index (χ4n) is 2.68. The number of aromatic nitrogens is 1. The average molecular weight is 407 g/mol. The fraction of sp³-hybridized carbons (Fsp3) is 0.182. The zero-order valence-electron chi connectivity index (χ0n) is 16.5. The number of hydrogen-bond donors (Lipinski definition) is 2. The van der Waals surface area contributed by atoms with Crippen LogP contribution in [0.2, 0.25) is 0 Å². The van der Waals surface area contributed by atoms with Crippen LogP contribution < -0.4 is 10.6 Å². The van der Waals surface area contributed by atoms with Gasteiger partial charge in [0, 0.05) is 11.6 Å². The molecule has 154 valence electrons. The van der Waals surface area contributed by atoms with Crippen LogP contribution in [0.1, 0.15) is 34.6 Å². The zero-order valence-corrected chi connectivity index (χ0v) is 16.5. The van der Waals surface area contributed by atoms with E-state index in [1.54, 1.807) is 73.7 Å². The molecule has 8 nitrogen and oxygen atoms in total. The minimum Gasteiger partial charge on any atom is -0.451 e. The van der Waals surface area contributed by atoms with Gasteiger partial charge < -0.3 is 19.9 Å². The van der Waals surface area contributed by atoms with Crippen molar-refractivity contribution in [3.05, 3.63) is 83.6 Å². The molecule has 1 aromatic heterocycles. The maximum atomic E-state index is 12.8. The van der Waals surface area contributed by atoms with Gasteiger partial charge in [-0.05, 0) is 31.5 Å². The van der Waals surface area contributed by atoms with Crippen LogP contribution in [0.5, 0.6) is 0 Å². The topological polar surface area (TPSA) is 111 Å². The number of amides is 2. The van der Waals surface area contributed by atoms with E-state index < -0.39 is 29.9 Å². The molecule has 0 fully saturated rings. The van der Waals surface area contributed by atoms with Gasteiger partial charge in [-0.15, -0.1) is 0 Å². The second-order valence-electron chi connectivity index (χ2n) is 6.57. The SMILES string of the molecule is Cc1cc(NC(=O)[C@H](C)OC(=O)[C@@H](NC(=O)c2ccccc2)c2ccccc2)no1. The lowest BCUT2D eigenvalue weighted by atomic mass is 10.1. The lowest BCUT2D eigenvalue weighted by Gasteiger charge is -2.20. The summed E-state index contributed by atoms with van der Waals surface area (Å²) in [5.41, 5.74) is 0.935. The Hall–Kier alpha value is -3.94. The quantitative estimate of drug-likeness (QED) is 0.583. The highest BCUT2D eigenvalue weighted by Crippen LogP contribution is 2.17. The number of nitrogens with one attached hydrogen (secondary N) is 2. The van der Waals surface area contributed by atoms with Gasteiger partial charge in [-0.25, -0.2) is 4.79 Å². The number of carbonyl (C=O) groups is 3. The van der Waals surface area contributed by atoms with Gasteiger partial charge in [0.2, 0.25) is 0 Å². The second-order valence-corrected chi connectivity index (χ2v) is 6.57. The van der Waals surface area contributed by atoms with Crippen molar-refractivity contribution >= 4 is 23.6 Å². The zero-order chi connectivity index (χ0) is 21.5. The summed E-state index contributed by atoms with van der Waals surface area (Å²) in [6.45, 7) is 3.12. The summed E-state index contributed by atoms with van der Waals surface area (Å²) in [7, 11) is 0. The first-order chi connectivity index (χ1) is 14.4. The number of esters is 1. The Morgan fingerprint density at radius 3 is 2.23 bits per heavy atom. The van der Waals surface area contributed by atoms with E-state index in [0.29, 0.717) is 16.9 Å². The number of hydrogen-bond acceptors (Lipinski definition) is 6. The van der Waals surface area contributed by atoms with E-state index in [9.17, 15) is 14.4 Å². The molecular weight excluding hydrogens is 386 g/mol. The van der Waals surface area contributed by atoms with Gasteiger partial charge in [-0.1, -0.05) is 53.7 Å². The van der Waals surface area contributed by atoms with Crippen molar-refractivity contribution in [3.8, 4) is 0 Å². The highest BCUT2D eigenvalue weighted by Gasteiger charge is 2.28. The molecule has 0 saturated heterocycles. The van der Waals surface area contributed by atoms with E-state index >= 15 is 0 Å². The minimum atomic E-state index is -1.12. The average Bonchev–Trinajstić information content (AvgIpc) is 3.17. The Morgan fingerprint density at radius 1 is 1.00 bits per heavy atom. The van der Waals surface area contributed by atoms with Gasteiger partial charge in [0.25, 0.3) is 11.8 Å². The summed E-state index contributed by atoms with van der Waals surface area (Å²) in [4.78, 5) is 37.7. The maximum Gasteiger partial charge on any atom is 0.334 e. The molecule has 2 aromatic carbocycles. The van der Waals surface area contributed by atoms with E-state index in [1.165, 1.54) is 6.92 Å². The molecule has 0 bridgehead atoms. The largest absolute Gasteiger partial charge is 0.451 e. The predicted molar refractivity (Wildman–Crippen MR) is 109 cm³/mol. The van der Waals surface area contributed by atoms with E-state index in [0.717, 1.165) is 0 Å². The van der Waals surface area contributed by atoms with Crippen LogP contribution >= 0.6 is 0 Å². The van der Waals surface area contributed by atoms with Gasteiger partial charge in [0.1, 0.15) is 5.76 Å². The maximum absolute atomic E-state index is 12.8. The van der Waals surface area contributed by atoms with Crippen LogP contribution in [0.3, 0.4) is 0 Å². The molecule has 0 radical (unpaired) electrons. The standard InChI is InChI=1S/C22H21N3O5/c1-14-13-18(25-30-14)23-20(26)15(2)29-22(28)19(16-9-5-3-6-10-16)24-21(27)17-11-7-4-8-12-17/h3-13,15,19H,1-2H3,(H,24,27)(H,23,25,26)/t15-,19-/m0/s1. The molecule has 0 unspecified atom stereocenters. The summed E-state index contributed by atoms with van der Waals surface area (Å²) >= 11 is 0. The van der Waals surface area contributed by atoms with Gasteiger partial charge in [0.15, 0.2) is 18.0 Å². The molecule has 0 aliphatic heterocycles. The normalized spacial score (nSPS) is 12.5. The minimum absolute atomic E-state index is 0.220. The Labute approximate surface area is 173 Å². The number of rotatable bonds is 7. The van der Waals surface area contributed by atoms with Crippen molar-refractivity contribution in [1.29, 1.82) is 0 Å². The number of aryl methyl sites for hydroxylation is 1. The highest BCUT2D eigenvalue weighted by atomic mass is 16.5. The fourth-order valence-corrected chi connectivity index (χ4v) is 2.68.